The molecule has 1 fully saturated rings. The van der Waals surface area contributed by atoms with Gasteiger partial charge < -0.3 is 10.2 Å². The lowest BCUT2D eigenvalue weighted by atomic mass is 9.82. The second-order valence-electron chi connectivity index (χ2n) is 6.92. The molecule has 1 unspecified atom stereocenters. The summed E-state index contributed by atoms with van der Waals surface area (Å²) in [4.78, 5) is 27.2. The van der Waals surface area contributed by atoms with Crippen LogP contribution in [-0.4, -0.2) is 24.8 Å². The molecule has 1 amide bonds. The lowest BCUT2D eigenvalue weighted by Crippen LogP contribution is -2.30. The number of nitrogens with one attached hydrogen (secondary N) is 1. The normalized spacial score (nSPS) is 19.6. The van der Waals surface area contributed by atoms with E-state index in [9.17, 15) is 9.59 Å². The first-order valence-corrected chi connectivity index (χ1v) is 8.98. The Morgan fingerprint density at radius 1 is 0.960 bits per heavy atom. The number of carbonyl (C=O) groups excluding carboxylic acids is 2. The highest BCUT2D eigenvalue weighted by molar-refractivity contribution is 6.03. The molecule has 0 spiro atoms. The zero-order valence-electron chi connectivity index (χ0n) is 14.2. The lowest BCUT2D eigenvalue weighted by molar-refractivity contribution is -0.119. The number of nitrogens with zero attached hydrogens (tertiary/aromatic N) is 1. The molecule has 1 aliphatic heterocycles. The molecule has 4 heteroatoms. The fourth-order valence-corrected chi connectivity index (χ4v) is 3.80. The highest BCUT2D eigenvalue weighted by atomic mass is 16.2. The topological polar surface area (TPSA) is 49.4 Å². The van der Waals surface area contributed by atoms with Crippen LogP contribution in [0.25, 0.3) is 0 Å². The number of hydrogen-bond donors (Lipinski definition) is 1. The quantitative estimate of drug-likeness (QED) is 0.932. The first-order chi connectivity index (χ1) is 12.2. The maximum atomic E-state index is 12.6. The molecule has 2 aromatic rings. The van der Waals surface area contributed by atoms with Crippen LogP contribution in [0.15, 0.2) is 48.5 Å². The predicted octanol–water partition coefficient (Wildman–Crippen LogP) is 3.67. The van der Waals surface area contributed by atoms with E-state index >= 15 is 0 Å². The van der Waals surface area contributed by atoms with Gasteiger partial charge in [0.25, 0.3) is 0 Å². The van der Waals surface area contributed by atoms with Gasteiger partial charge in [-0.15, -0.1) is 0 Å². The van der Waals surface area contributed by atoms with E-state index in [0.29, 0.717) is 6.42 Å². The Labute approximate surface area is 147 Å². The van der Waals surface area contributed by atoms with Crippen molar-refractivity contribution < 1.29 is 9.59 Å². The first kappa shape index (κ1) is 15.9. The second-order valence-corrected chi connectivity index (χ2v) is 6.92. The number of fused-ring (bicyclic) bond motifs is 1. The minimum atomic E-state index is -0.291. The van der Waals surface area contributed by atoms with E-state index in [4.69, 9.17) is 0 Å². The van der Waals surface area contributed by atoms with Crippen LogP contribution in [0, 0.1) is 5.92 Å². The van der Waals surface area contributed by atoms with E-state index in [1.807, 2.05) is 36.4 Å². The molecule has 0 bridgehead atoms. The van der Waals surface area contributed by atoms with Gasteiger partial charge in [-0.05, 0) is 49.1 Å². The average molecular weight is 334 g/mol. The third-order valence-corrected chi connectivity index (χ3v) is 5.19. The monoisotopic (exact) mass is 334 g/mol. The lowest BCUT2D eigenvalue weighted by Gasteiger charge is -2.23. The van der Waals surface area contributed by atoms with Gasteiger partial charge in [-0.25, -0.2) is 0 Å². The molecule has 0 radical (unpaired) electrons. The van der Waals surface area contributed by atoms with Crippen LogP contribution in [0.5, 0.6) is 0 Å². The zero-order valence-corrected chi connectivity index (χ0v) is 14.2. The van der Waals surface area contributed by atoms with Gasteiger partial charge in [0.1, 0.15) is 0 Å². The molecule has 25 heavy (non-hydrogen) atoms. The Morgan fingerprint density at radius 2 is 1.68 bits per heavy atom. The highest BCUT2D eigenvalue weighted by Crippen LogP contribution is 2.27. The van der Waals surface area contributed by atoms with Crippen molar-refractivity contribution in [1.29, 1.82) is 0 Å². The SMILES string of the molecule is O=C1CC(C(=O)Nc2ccc(N3CCCC3)cc2)Cc2ccccc21. The average Bonchev–Trinajstić information content (AvgIpc) is 3.17. The van der Waals surface area contributed by atoms with Crippen molar-refractivity contribution in [3.8, 4) is 0 Å². The molecule has 4 nitrogen and oxygen atoms in total. The van der Waals surface area contributed by atoms with Crippen LogP contribution in [0.1, 0.15) is 35.2 Å². The number of Topliss-reactive ketones (excluding diaryl/α,β-unsaturated/α-hetero) is 1. The van der Waals surface area contributed by atoms with Crippen molar-refractivity contribution in [3.05, 3.63) is 59.7 Å². The molecule has 0 aromatic heterocycles. The summed E-state index contributed by atoms with van der Waals surface area (Å²) in [6, 6.07) is 15.6. The Kier molecular flexibility index (Phi) is 4.26. The van der Waals surface area contributed by atoms with Crippen LogP contribution in [-0.2, 0) is 11.2 Å². The van der Waals surface area contributed by atoms with Crippen molar-refractivity contribution in [2.24, 2.45) is 5.92 Å². The summed E-state index contributed by atoms with van der Waals surface area (Å²) in [5.41, 5.74) is 3.74. The Hall–Kier alpha value is -2.62. The van der Waals surface area contributed by atoms with Crippen molar-refractivity contribution in [1.82, 2.24) is 0 Å². The van der Waals surface area contributed by atoms with Gasteiger partial charge in [-0.1, -0.05) is 24.3 Å². The van der Waals surface area contributed by atoms with Crippen LogP contribution < -0.4 is 10.2 Å². The maximum absolute atomic E-state index is 12.6. The first-order valence-electron chi connectivity index (χ1n) is 8.98. The number of rotatable bonds is 3. The minimum Gasteiger partial charge on any atom is -0.372 e. The number of carbonyl (C=O) groups is 2. The third kappa shape index (κ3) is 3.29. The van der Waals surface area contributed by atoms with Gasteiger partial charge in [0.2, 0.25) is 5.91 Å². The van der Waals surface area contributed by atoms with E-state index in [1.165, 1.54) is 18.5 Å². The Balaban J connectivity index is 1.43. The zero-order chi connectivity index (χ0) is 17.2. The highest BCUT2D eigenvalue weighted by Gasteiger charge is 2.29. The molecule has 128 valence electrons. The molecule has 1 saturated heterocycles. The third-order valence-electron chi connectivity index (χ3n) is 5.19. The summed E-state index contributed by atoms with van der Waals surface area (Å²) < 4.78 is 0. The second kappa shape index (κ2) is 6.71. The van der Waals surface area contributed by atoms with E-state index in [0.717, 1.165) is 29.9 Å². The van der Waals surface area contributed by atoms with Gasteiger partial charge in [-0.2, -0.15) is 0 Å². The molecular weight excluding hydrogens is 312 g/mol. The smallest absolute Gasteiger partial charge is 0.228 e. The summed E-state index contributed by atoms with van der Waals surface area (Å²) in [6.45, 7) is 2.21. The summed E-state index contributed by atoms with van der Waals surface area (Å²) in [5, 5.41) is 2.97. The van der Waals surface area contributed by atoms with Crippen LogP contribution >= 0.6 is 0 Å². The van der Waals surface area contributed by atoms with Gasteiger partial charge >= 0.3 is 0 Å². The largest absolute Gasteiger partial charge is 0.372 e. The maximum Gasteiger partial charge on any atom is 0.228 e. The van der Waals surface area contributed by atoms with E-state index in [1.54, 1.807) is 0 Å². The fraction of sp³-hybridized carbons (Fsp3) is 0.333. The van der Waals surface area contributed by atoms with E-state index in [2.05, 4.69) is 22.3 Å². The Morgan fingerprint density at radius 3 is 2.44 bits per heavy atom. The molecule has 1 heterocycles. The standard InChI is InChI=1S/C21H22N2O2/c24-20-14-16(13-15-5-1-2-6-19(15)20)21(25)22-17-7-9-18(10-8-17)23-11-3-4-12-23/h1-2,5-10,16H,3-4,11-14H2,(H,22,25). The van der Waals surface area contributed by atoms with Gasteiger partial charge in [0.05, 0.1) is 0 Å². The van der Waals surface area contributed by atoms with Crippen LogP contribution in [0.4, 0.5) is 11.4 Å². The molecule has 1 aliphatic carbocycles. The molecule has 2 aliphatic rings. The van der Waals surface area contributed by atoms with Crippen molar-refractivity contribution in [2.45, 2.75) is 25.7 Å². The van der Waals surface area contributed by atoms with Crippen molar-refractivity contribution >= 4 is 23.1 Å². The number of amides is 1. The molecule has 1 N–H and O–H groups in total. The molecule has 4 rings (SSSR count). The van der Waals surface area contributed by atoms with E-state index < -0.39 is 0 Å². The number of benzene rings is 2. The Bertz CT molecular complexity index is 792. The van der Waals surface area contributed by atoms with Crippen molar-refractivity contribution in [2.75, 3.05) is 23.3 Å². The summed E-state index contributed by atoms with van der Waals surface area (Å²) in [5.74, 6) is -0.302. The fourth-order valence-electron chi connectivity index (χ4n) is 3.80. The molecule has 1 atom stereocenters. The number of anilines is 2. The van der Waals surface area contributed by atoms with Gasteiger partial charge in [0, 0.05) is 42.4 Å². The summed E-state index contributed by atoms with van der Waals surface area (Å²) in [6.07, 6.45) is 3.40. The summed E-state index contributed by atoms with van der Waals surface area (Å²) in [7, 11) is 0. The van der Waals surface area contributed by atoms with Gasteiger partial charge in [0.15, 0.2) is 5.78 Å². The molecular formula is C21H22N2O2. The van der Waals surface area contributed by atoms with Crippen LogP contribution in [0.3, 0.4) is 0 Å². The van der Waals surface area contributed by atoms with Crippen molar-refractivity contribution in [3.63, 3.8) is 0 Å². The molecule has 2 aromatic carbocycles. The van der Waals surface area contributed by atoms with Gasteiger partial charge in [-0.3, -0.25) is 9.59 Å². The van der Waals surface area contributed by atoms with E-state index in [-0.39, 0.29) is 24.0 Å². The number of hydrogen-bond acceptors (Lipinski definition) is 3. The molecule has 0 saturated carbocycles. The number of ketones is 1. The predicted molar refractivity (Wildman–Crippen MR) is 99.1 cm³/mol. The van der Waals surface area contributed by atoms with Crippen LogP contribution in [0.2, 0.25) is 0 Å². The minimum absolute atomic E-state index is 0.0615. The summed E-state index contributed by atoms with van der Waals surface area (Å²) >= 11 is 0.